The smallest absolute Gasteiger partial charge is 0.321 e. The van der Waals surface area contributed by atoms with Gasteiger partial charge in [-0.05, 0) is 25.0 Å². The van der Waals surface area contributed by atoms with Crippen LogP contribution in [0.1, 0.15) is 12.8 Å². The third-order valence-corrected chi connectivity index (χ3v) is 3.34. The first-order valence-electron chi connectivity index (χ1n) is 6.29. The van der Waals surface area contributed by atoms with Crippen LogP contribution in [0.4, 0.5) is 10.5 Å². The van der Waals surface area contributed by atoms with E-state index in [0.29, 0.717) is 13.1 Å². The third-order valence-electron chi connectivity index (χ3n) is 3.34. The molecule has 1 heterocycles. The van der Waals surface area contributed by atoms with Crippen LogP contribution in [-0.4, -0.2) is 35.1 Å². The molecule has 4 N–H and O–H groups in total. The minimum atomic E-state index is -0.107. The molecule has 0 unspecified atom stereocenters. The van der Waals surface area contributed by atoms with Crippen LogP contribution in [-0.2, 0) is 0 Å². The molecule has 6 nitrogen and oxygen atoms in total. The van der Waals surface area contributed by atoms with Crippen molar-refractivity contribution in [1.82, 2.24) is 4.90 Å². The number of carbonyl (C=O) groups excluding carboxylic acids is 1. The largest absolute Gasteiger partial charge is 0.409 e. The summed E-state index contributed by atoms with van der Waals surface area (Å²) < 4.78 is 0. The zero-order valence-corrected chi connectivity index (χ0v) is 10.6. The van der Waals surface area contributed by atoms with Gasteiger partial charge in [0.2, 0.25) is 0 Å². The van der Waals surface area contributed by atoms with Crippen LogP contribution in [0.25, 0.3) is 0 Å². The fraction of sp³-hybridized carbons (Fsp3) is 0.385. The van der Waals surface area contributed by atoms with Gasteiger partial charge in [0.15, 0.2) is 0 Å². The van der Waals surface area contributed by atoms with Gasteiger partial charge in [-0.1, -0.05) is 23.4 Å². The molecule has 1 aliphatic heterocycles. The van der Waals surface area contributed by atoms with E-state index < -0.39 is 0 Å². The number of para-hydroxylation sites is 1. The number of anilines is 1. The maximum atomic E-state index is 12.0. The number of nitrogens with two attached hydrogens (primary N) is 1. The average molecular weight is 262 g/mol. The molecular weight excluding hydrogens is 244 g/mol. The number of benzene rings is 1. The number of hydrogen-bond donors (Lipinski definition) is 3. The molecule has 0 radical (unpaired) electrons. The number of piperidine rings is 1. The Bertz CT molecular complexity index is 453. The minimum absolute atomic E-state index is 0.0609. The molecule has 2 rings (SSSR count). The molecule has 0 aromatic heterocycles. The van der Waals surface area contributed by atoms with Crippen molar-refractivity contribution in [2.45, 2.75) is 12.8 Å². The highest BCUT2D eigenvalue weighted by Crippen LogP contribution is 2.18. The van der Waals surface area contributed by atoms with Crippen molar-refractivity contribution in [2.75, 3.05) is 18.4 Å². The minimum Gasteiger partial charge on any atom is -0.409 e. The molecule has 1 aromatic rings. The Kier molecular flexibility index (Phi) is 4.22. The Hall–Kier alpha value is -2.24. The number of likely N-dealkylation sites (tertiary alicyclic amines) is 1. The molecule has 0 spiro atoms. The summed E-state index contributed by atoms with van der Waals surface area (Å²) in [6.07, 6.45) is 1.44. The van der Waals surface area contributed by atoms with Crippen LogP contribution in [0, 0.1) is 5.92 Å². The highest BCUT2D eigenvalue weighted by molar-refractivity contribution is 5.89. The van der Waals surface area contributed by atoms with E-state index in [2.05, 4.69) is 10.5 Å². The van der Waals surface area contributed by atoms with Crippen molar-refractivity contribution < 1.29 is 10.0 Å². The number of rotatable bonds is 2. The second-order valence-electron chi connectivity index (χ2n) is 4.58. The van der Waals surface area contributed by atoms with E-state index in [1.54, 1.807) is 4.90 Å². The quantitative estimate of drug-likeness (QED) is 0.328. The van der Waals surface area contributed by atoms with Crippen molar-refractivity contribution in [3.8, 4) is 0 Å². The van der Waals surface area contributed by atoms with Crippen LogP contribution in [0.15, 0.2) is 35.5 Å². The van der Waals surface area contributed by atoms with E-state index in [9.17, 15) is 4.79 Å². The number of urea groups is 1. The van der Waals surface area contributed by atoms with Gasteiger partial charge in [-0.2, -0.15) is 0 Å². The highest BCUT2D eigenvalue weighted by atomic mass is 16.4. The lowest BCUT2D eigenvalue weighted by Gasteiger charge is -2.31. The topological polar surface area (TPSA) is 91.0 Å². The number of amides is 2. The molecular formula is C13H18N4O2. The van der Waals surface area contributed by atoms with Crippen molar-refractivity contribution in [3.05, 3.63) is 30.3 Å². The summed E-state index contributed by atoms with van der Waals surface area (Å²) in [4.78, 5) is 13.8. The molecule has 102 valence electrons. The summed E-state index contributed by atoms with van der Waals surface area (Å²) in [5.74, 6) is 0.314. The standard InChI is InChI=1S/C13H18N4O2/c14-12(16-19)10-6-8-17(9-7-10)13(18)15-11-4-2-1-3-5-11/h1-5,10,19H,6-9H2,(H2,14,16)(H,15,18). The molecule has 1 aliphatic rings. The summed E-state index contributed by atoms with van der Waals surface area (Å²) in [6.45, 7) is 1.22. The summed E-state index contributed by atoms with van der Waals surface area (Å²) in [7, 11) is 0. The normalized spacial score (nSPS) is 17.3. The number of amidine groups is 1. The SMILES string of the molecule is NC(=NO)C1CCN(C(=O)Nc2ccccc2)CC1. The van der Waals surface area contributed by atoms with Gasteiger partial charge in [0, 0.05) is 24.7 Å². The number of hydrogen-bond acceptors (Lipinski definition) is 3. The van der Waals surface area contributed by atoms with Crippen LogP contribution >= 0.6 is 0 Å². The van der Waals surface area contributed by atoms with Crippen LogP contribution < -0.4 is 11.1 Å². The molecule has 0 aliphatic carbocycles. The number of nitrogens with zero attached hydrogens (tertiary/aromatic N) is 2. The summed E-state index contributed by atoms with van der Waals surface area (Å²) >= 11 is 0. The zero-order chi connectivity index (χ0) is 13.7. The average Bonchev–Trinajstić information content (AvgIpc) is 2.47. The van der Waals surface area contributed by atoms with Crippen LogP contribution in [0.3, 0.4) is 0 Å². The van der Waals surface area contributed by atoms with Crippen LogP contribution in [0.2, 0.25) is 0 Å². The lowest BCUT2D eigenvalue weighted by Crippen LogP contribution is -2.43. The lowest BCUT2D eigenvalue weighted by atomic mass is 9.96. The van der Waals surface area contributed by atoms with Gasteiger partial charge in [-0.3, -0.25) is 0 Å². The summed E-state index contributed by atoms with van der Waals surface area (Å²) in [5.41, 5.74) is 6.36. The predicted molar refractivity (Wildman–Crippen MR) is 73.2 cm³/mol. The molecule has 1 aromatic carbocycles. The van der Waals surface area contributed by atoms with E-state index >= 15 is 0 Å². The second kappa shape index (κ2) is 6.08. The molecule has 1 saturated heterocycles. The second-order valence-corrected chi connectivity index (χ2v) is 4.58. The van der Waals surface area contributed by atoms with Crippen LogP contribution in [0.5, 0.6) is 0 Å². The van der Waals surface area contributed by atoms with E-state index in [0.717, 1.165) is 18.5 Å². The van der Waals surface area contributed by atoms with E-state index in [1.165, 1.54) is 0 Å². The zero-order valence-electron chi connectivity index (χ0n) is 10.6. The Labute approximate surface area is 111 Å². The first-order chi connectivity index (χ1) is 9.20. The van der Waals surface area contributed by atoms with Gasteiger partial charge in [0.25, 0.3) is 0 Å². The fourth-order valence-corrected chi connectivity index (χ4v) is 2.18. The van der Waals surface area contributed by atoms with Gasteiger partial charge in [0.1, 0.15) is 5.84 Å². The molecule has 2 amide bonds. The highest BCUT2D eigenvalue weighted by Gasteiger charge is 2.25. The molecule has 0 saturated carbocycles. The van der Waals surface area contributed by atoms with Gasteiger partial charge in [-0.25, -0.2) is 4.79 Å². The fourth-order valence-electron chi connectivity index (χ4n) is 2.18. The maximum absolute atomic E-state index is 12.0. The Morgan fingerprint density at radius 1 is 1.32 bits per heavy atom. The first-order valence-corrected chi connectivity index (χ1v) is 6.29. The Balaban J connectivity index is 1.86. The monoisotopic (exact) mass is 262 g/mol. The predicted octanol–water partition coefficient (Wildman–Crippen LogP) is 1.68. The summed E-state index contributed by atoms with van der Waals surface area (Å²) in [6, 6.07) is 9.24. The van der Waals surface area contributed by atoms with E-state index in [-0.39, 0.29) is 17.8 Å². The molecule has 6 heteroatoms. The molecule has 0 atom stereocenters. The van der Waals surface area contributed by atoms with Gasteiger partial charge >= 0.3 is 6.03 Å². The molecule has 19 heavy (non-hydrogen) atoms. The molecule has 0 bridgehead atoms. The van der Waals surface area contributed by atoms with Gasteiger partial charge in [0.05, 0.1) is 0 Å². The summed E-state index contributed by atoms with van der Waals surface area (Å²) in [5, 5.41) is 14.5. The van der Waals surface area contributed by atoms with Crippen molar-refractivity contribution in [3.63, 3.8) is 0 Å². The van der Waals surface area contributed by atoms with Crippen molar-refractivity contribution in [2.24, 2.45) is 16.8 Å². The maximum Gasteiger partial charge on any atom is 0.321 e. The van der Waals surface area contributed by atoms with E-state index in [1.807, 2.05) is 30.3 Å². The number of oxime groups is 1. The first kappa shape index (κ1) is 13.2. The van der Waals surface area contributed by atoms with Crippen molar-refractivity contribution >= 4 is 17.6 Å². The Morgan fingerprint density at radius 3 is 2.53 bits per heavy atom. The van der Waals surface area contributed by atoms with E-state index in [4.69, 9.17) is 10.9 Å². The van der Waals surface area contributed by atoms with Crippen molar-refractivity contribution in [1.29, 1.82) is 0 Å². The number of carbonyl (C=O) groups is 1. The van der Waals surface area contributed by atoms with Gasteiger partial charge < -0.3 is 21.2 Å². The molecule has 1 fully saturated rings. The van der Waals surface area contributed by atoms with Gasteiger partial charge in [-0.15, -0.1) is 0 Å². The lowest BCUT2D eigenvalue weighted by molar-refractivity contribution is 0.192. The number of nitrogens with one attached hydrogen (secondary N) is 1. The Morgan fingerprint density at radius 2 is 1.95 bits per heavy atom. The third kappa shape index (κ3) is 3.37.